The van der Waals surface area contributed by atoms with Crippen LogP contribution >= 0.6 is 12.8 Å². The maximum absolute atomic E-state index is 3.90. The summed E-state index contributed by atoms with van der Waals surface area (Å²) in [5.74, 6) is 0. The van der Waals surface area contributed by atoms with E-state index >= 15 is 0 Å². The largest absolute Gasteiger partial charge is 0.267 e. The van der Waals surface area contributed by atoms with Gasteiger partial charge in [0.25, 0.3) is 0 Å². The lowest BCUT2D eigenvalue weighted by Crippen LogP contribution is -1.99. The summed E-state index contributed by atoms with van der Waals surface area (Å²) in [7, 11) is 0. The molecule has 0 saturated heterocycles. The van der Waals surface area contributed by atoms with Crippen LogP contribution in [0.2, 0.25) is 0 Å². The number of hydrogen-bond acceptors (Lipinski definition) is 2. The van der Waals surface area contributed by atoms with Crippen LogP contribution in [0.3, 0.4) is 0 Å². The zero-order valence-corrected chi connectivity index (χ0v) is 7.53. The summed E-state index contributed by atoms with van der Waals surface area (Å²) in [4.78, 5) is 0. The first kappa shape index (κ1) is 10.0. The first-order valence-electron chi connectivity index (χ1n) is 3.93. The molecule has 0 fully saturated rings. The van der Waals surface area contributed by atoms with Crippen LogP contribution in [0.1, 0.15) is 32.6 Å². The van der Waals surface area contributed by atoms with Crippen LogP contribution in [0.4, 0.5) is 0 Å². The Hall–Kier alpha value is 0.0500. The molecule has 0 radical (unpaired) electrons. The van der Waals surface area contributed by atoms with Crippen molar-refractivity contribution in [3.8, 4) is 0 Å². The van der Waals surface area contributed by atoms with E-state index in [0.717, 1.165) is 13.0 Å². The van der Waals surface area contributed by atoms with Crippen LogP contribution in [-0.2, 0) is 0 Å². The Balaban J connectivity index is 2.83. The molecular formula is C8H17NS. The highest BCUT2D eigenvalue weighted by Gasteiger charge is 1.82. The van der Waals surface area contributed by atoms with E-state index in [1.807, 2.05) is 0 Å². The smallest absolute Gasteiger partial charge is 0.00562 e. The van der Waals surface area contributed by atoms with Crippen molar-refractivity contribution in [2.24, 2.45) is 0 Å². The fraction of sp³-hybridized carbons (Fsp3) is 0.750. The Morgan fingerprint density at radius 3 is 2.70 bits per heavy atom. The monoisotopic (exact) mass is 159 g/mol. The second-order valence-electron chi connectivity index (χ2n) is 2.28. The van der Waals surface area contributed by atoms with Crippen molar-refractivity contribution < 1.29 is 0 Å². The highest BCUT2D eigenvalue weighted by molar-refractivity contribution is 7.78. The van der Waals surface area contributed by atoms with Crippen LogP contribution < -0.4 is 4.72 Å². The van der Waals surface area contributed by atoms with Gasteiger partial charge >= 0.3 is 0 Å². The first-order valence-corrected chi connectivity index (χ1v) is 4.38. The molecule has 0 aromatic heterocycles. The third-order valence-corrected chi connectivity index (χ3v) is 1.54. The first-order chi connectivity index (χ1) is 4.91. The molecule has 0 aromatic carbocycles. The van der Waals surface area contributed by atoms with Gasteiger partial charge in [0.1, 0.15) is 0 Å². The van der Waals surface area contributed by atoms with Gasteiger partial charge in [0.05, 0.1) is 0 Å². The average molecular weight is 159 g/mol. The molecule has 0 amide bonds. The summed E-state index contributed by atoms with van der Waals surface area (Å²) in [6, 6.07) is 0. The minimum absolute atomic E-state index is 1.02. The van der Waals surface area contributed by atoms with E-state index in [9.17, 15) is 0 Å². The minimum Gasteiger partial charge on any atom is -0.267 e. The van der Waals surface area contributed by atoms with E-state index in [-0.39, 0.29) is 0 Å². The standard InChI is InChI=1S/C8H17NS/c1-2-3-4-5-6-7-8-9-10/h3-4,9-10H,2,5-8H2,1H3. The van der Waals surface area contributed by atoms with Crippen LogP contribution in [0.25, 0.3) is 0 Å². The number of nitrogens with one attached hydrogen (secondary N) is 1. The van der Waals surface area contributed by atoms with Crippen LogP contribution in [0, 0.1) is 0 Å². The molecule has 60 valence electrons. The third-order valence-electron chi connectivity index (χ3n) is 1.31. The summed E-state index contributed by atoms with van der Waals surface area (Å²) in [6.45, 7) is 3.18. The topological polar surface area (TPSA) is 12.0 Å². The quantitative estimate of drug-likeness (QED) is 0.345. The number of unbranched alkanes of at least 4 members (excludes halogenated alkanes) is 2. The molecule has 0 heterocycles. The third kappa shape index (κ3) is 8.05. The number of rotatable bonds is 6. The van der Waals surface area contributed by atoms with Crippen molar-refractivity contribution in [2.45, 2.75) is 32.6 Å². The molecule has 0 atom stereocenters. The van der Waals surface area contributed by atoms with Gasteiger partial charge in [-0.3, -0.25) is 4.72 Å². The predicted molar refractivity (Wildman–Crippen MR) is 50.3 cm³/mol. The summed E-state index contributed by atoms with van der Waals surface area (Å²) < 4.78 is 2.83. The Morgan fingerprint density at radius 2 is 2.10 bits per heavy atom. The predicted octanol–water partition coefficient (Wildman–Crippen LogP) is 2.56. The molecule has 0 saturated carbocycles. The van der Waals surface area contributed by atoms with Gasteiger partial charge < -0.3 is 0 Å². The van der Waals surface area contributed by atoms with Gasteiger partial charge in [0, 0.05) is 6.54 Å². The normalized spacial score (nSPS) is 11.0. The van der Waals surface area contributed by atoms with E-state index in [4.69, 9.17) is 0 Å². The van der Waals surface area contributed by atoms with Gasteiger partial charge in [-0.15, -0.1) is 0 Å². The fourth-order valence-electron chi connectivity index (χ4n) is 0.751. The molecule has 1 nitrogen and oxygen atoms in total. The lowest BCUT2D eigenvalue weighted by molar-refractivity contribution is 0.736. The molecule has 0 aliphatic rings. The summed E-state index contributed by atoms with van der Waals surface area (Å²) in [5.41, 5.74) is 0. The van der Waals surface area contributed by atoms with E-state index < -0.39 is 0 Å². The molecular weight excluding hydrogens is 142 g/mol. The molecule has 0 rings (SSSR count). The Morgan fingerprint density at radius 1 is 1.30 bits per heavy atom. The molecule has 10 heavy (non-hydrogen) atoms. The summed E-state index contributed by atoms with van der Waals surface area (Å²) in [6.07, 6.45) is 9.32. The van der Waals surface area contributed by atoms with Gasteiger partial charge in [0.15, 0.2) is 0 Å². The van der Waals surface area contributed by atoms with Crippen molar-refractivity contribution in [1.82, 2.24) is 4.72 Å². The van der Waals surface area contributed by atoms with Crippen molar-refractivity contribution in [3.05, 3.63) is 12.2 Å². The van der Waals surface area contributed by atoms with Gasteiger partial charge in [-0.05, 0) is 25.7 Å². The Labute approximate surface area is 69.4 Å². The Bertz CT molecular complexity index is 81.3. The summed E-state index contributed by atoms with van der Waals surface area (Å²) in [5, 5.41) is 0. The Kier molecular flexibility index (Phi) is 9.10. The maximum Gasteiger partial charge on any atom is 0.00562 e. The minimum atomic E-state index is 1.02. The van der Waals surface area contributed by atoms with Gasteiger partial charge in [-0.2, -0.15) is 0 Å². The van der Waals surface area contributed by atoms with Crippen molar-refractivity contribution in [1.29, 1.82) is 0 Å². The van der Waals surface area contributed by atoms with Gasteiger partial charge in [-0.25, -0.2) is 0 Å². The lowest BCUT2D eigenvalue weighted by Gasteiger charge is -1.94. The van der Waals surface area contributed by atoms with Gasteiger partial charge in [-0.1, -0.05) is 31.9 Å². The molecule has 0 aliphatic carbocycles. The van der Waals surface area contributed by atoms with Crippen LogP contribution in [0.15, 0.2) is 12.2 Å². The highest BCUT2D eigenvalue weighted by atomic mass is 32.1. The SMILES string of the molecule is CCC=CCCCCNS. The summed E-state index contributed by atoms with van der Waals surface area (Å²) >= 11 is 3.90. The molecule has 0 unspecified atom stereocenters. The second-order valence-corrected chi connectivity index (χ2v) is 2.60. The zero-order valence-electron chi connectivity index (χ0n) is 6.64. The molecule has 0 bridgehead atoms. The molecule has 0 aromatic rings. The van der Waals surface area contributed by atoms with E-state index in [2.05, 4.69) is 36.6 Å². The maximum atomic E-state index is 3.90. The van der Waals surface area contributed by atoms with Crippen molar-refractivity contribution >= 4 is 12.8 Å². The molecule has 0 aliphatic heterocycles. The van der Waals surface area contributed by atoms with E-state index in [1.54, 1.807) is 0 Å². The lowest BCUT2D eigenvalue weighted by atomic mass is 10.2. The van der Waals surface area contributed by atoms with Crippen molar-refractivity contribution in [3.63, 3.8) is 0 Å². The average Bonchev–Trinajstić information content (AvgIpc) is 1.97. The van der Waals surface area contributed by atoms with E-state index in [0.29, 0.717) is 0 Å². The van der Waals surface area contributed by atoms with E-state index in [1.165, 1.54) is 19.3 Å². The van der Waals surface area contributed by atoms with Gasteiger partial charge in [0.2, 0.25) is 0 Å². The number of hydrogen-bond donors (Lipinski definition) is 2. The zero-order chi connectivity index (χ0) is 7.66. The fourth-order valence-corrected chi connectivity index (χ4v) is 0.909. The highest BCUT2D eigenvalue weighted by Crippen LogP contribution is 1.96. The number of thiol groups is 1. The molecule has 1 N–H and O–H groups in total. The number of allylic oxidation sites excluding steroid dienone is 2. The van der Waals surface area contributed by atoms with Crippen LogP contribution in [0.5, 0.6) is 0 Å². The second kappa shape index (κ2) is 9.05. The molecule has 2 heteroatoms. The van der Waals surface area contributed by atoms with Crippen molar-refractivity contribution in [2.75, 3.05) is 6.54 Å². The molecule has 0 spiro atoms. The van der Waals surface area contributed by atoms with Crippen LogP contribution in [-0.4, -0.2) is 6.54 Å².